The number of halogens is 1. The molecule has 1 heterocycles. The summed E-state index contributed by atoms with van der Waals surface area (Å²) in [4.78, 5) is 0. The van der Waals surface area contributed by atoms with Crippen LogP contribution in [0.1, 0.15) is 42.3 Å². The molecule has 4 rings (SSSR count). The molecule has 6 nitrogen and oxygen atoms in total. The number of nitriles is 1. The number of hydrogen-bond acceptors (Lipinski definition) is 5. The van der Waals surface area contributed by atoms with Crippen molar-refractivity contribution in [2.45, 2.75) is 43.6 Å². The third kappa shape index (κ3) is 5.79. The molecule has 178 valence electrons. The smallest absolute Gasteiger partial charge is 0.250 e. The summed E-state index contributed by atoms with van der Waals surface area (Å²) in [6.07, 6.45) is 2.50. The minimum Gasteiger partial charge on any atom is -0.297 e. The first-order valence-corrected chi connectivity index (χ1v) is 13.4. The van der Waals surface area contributed by atoms with Gasteiger partial charge in [0, 0.05) is 11.4 Å². The Morgan fingerprint density at radius 3 is 2.31 bits per heavy atom. The zero-order valence-electron chi connectivity index (χ0n) is 19.4. The molecule has 0 atom stereocenters. The van der Waals surface area contributed by atoms with Crippen molar-refractivity contribution < 1.29 is 8.42 Å². The second-order valence-corrected chi connectivity index (χ2v) is 10.6. The zero-order valence-corrected chi connectivity index (χ0v) is 20.9. The average Bonchev–Trinajstić information content (AvgIpc) is 3.27. The quantitative estimate of drug-likeness (QED) is 0.286. The zero-order chi connectivity index (χ0) is 24.8. The van der Waals surface area contributed by atoms with E-state index in [4.69, 9.17) is 11.6 Å². The molecule has 0 unspecified atom stereocenters. The summed E-state index contributed by atoms with van der Waals surface area (Å²) in [7, 11) is -3.73. The van der Waals surface area contributed by atoms with Crippen LogP contribution in [0, 0.1) is 11.3 Å². The van der Waals surface area contributed by atoms with Gasteiger partial charge in [0.15, 0.2) is 0 Å². The van der Waals surface area contributed by atoms with Crippen molar-refractivity contribution in [3.63, 3.8) is 0 Å². The van der Waals surface area contributed by atoms with Crippen LogP contribution in [0.25, 0.3) is 11.1 Å². The van der Waals surface area contributed by atoms with Gasteiger partial charge in [-0.3, -0.25) is 4.57 Å². The molecule has 0 radical (unpaired) electrons. The predicted molar refractivity (Wildman–Crippen MR) is 137 cm³/mol. The normalized spacial score (nSPS) is 11.3. The van der Waals surface area contributed by atoms with Crippen LogP contribution in [-0.2, 0) is 28.6 Å². The number of hydrogen-bond donors (Lipinski definition) is 0. The highest BCUT2D eigenvalue weighted by Crippen LogP contribution is 2.25. The Kier molecular flexibility index (Phi) is 7.64. The minimum absolute atomic E-state index is 0.0301. The topological polar surface area (TPSA) is 88.6 Å². The van der Waals surface area contributed by atoms with Crippen molar-refractivity contribution in [2.24, 2.45) is 0 Å². The summed E-state index contributed by atoms with van der Waals surface area (Å²) in [5, 5.41) is 18.3. The van der Waals surface area contributed by atoms with Crippen molar-refractivity contribution in [1.29, 1.82) is 5.26 Å². The van der Waals surface area contributed by atoms with Crippen LogP contribution in [0.5, 0.6) is 0 Å². The van der Waals surface area contributed by atoms with Gasteiger partial charge in [0.2, 0.25) is 15.0 Å². The number of rotatable bonds is 9. The summed E-state index contributed by atoms with van der Waals surface area (Å²) >= 11 is 5.94. The Hall–Kier alpha value is -3.47. The number of unbranched alkanes of at least 4 members (excludes halogenated alkanes) is 1. The van der Waals surface area contributed by atoms with Gasteiger partial charge in [0.05, 0.1) is 23.9 Å². The molecule has 0 bridgehead atoms. The van der Waals surface area contributed by atoms with E-state index >= 15 is 0 Å². The lowest BCUT2D eigenvalue weighted by molar-refractivity contribution is 0.565. The molecule has 1 aromatic heterocycles. The lowest BCUT2D eigenvalue weighted by Gasteiger charge is -2.12. The molecule has 0 N–H and O–H groups in total. The Bertz CT molecular complexity index is 1450. The van der Waals surface area contributed by atoms with Crippen LogP contribution in [0.3, 0.4) is 0 Å². The Morgan fingerprint density at radius 2 is 1.63 bits per heavy atom. The number of nitrogens with zero attached hydrogens (tertiary/aromatic N) is 4. The molecule has 3 aromatic carbocycles. The summed E-state index contributed by atoms with van der Waals surface area (Å²) in [6.45, 7) is 2.41. The molecular formula is C27H25ClN4O2S. The summed E-state index contributed by atoms with van der Waals surface area (Å²) in [6, 6.07) is 24.2. The number of sulfone groups is 1. The standard InChI is InChI=1S/C27H25ClN4O2S/c1-2-3-8-26-30-31-27(35(33,34)19-21-11-15-24(28)16-12-21)32(26)18-20-9-13-22(14-10-20)25-7-5-4-6-23(25)17-29/h4-7,9-16H,2-3,8,18-19H2,1H3. The summed E-state index contributed by atoms with van der Waals surface area (Å²) in [5.74, 6) is 0.473. The number of aryl methyl sites for hydroxylation is 1. The van der Waals surface area contributed by atoms with Gasteiger partial charge in [0.25, 0.3) is 0 Å². The van der Waals surface area contributed by atoms with Crippen molar-refractivity contribution in [3.8, 4) is 17.2 Å². The average molecular weight is 505 g/mol. The van der Waals surface area contributed by atoms with E-state index in [0.717, 1.165) is 29.5 Å². The van der Waals surface area contributed by atoms with E-state index < -0.39 is 9.84 Å². The maximum atomic E-state index is 13.3. The molecule has 0 aliphatic carbocycles. The highest BCUT2D eigenvalue weighted by Gasteiger charge is 2.25. The van der Waals surface area contributed by atoms with Gasteiger partial charge in [-0.2, -0.15) is 5.26 Å². The van der Waals surface area contributed by atoms with E-state index in [1.165, 1.54) is 0 Å². The minimum atomic E-state index is -3.73. The van der Waals surface area contributed by atoms with Crippen LogP contribution in [-0.4, -0.2) is 23.2 Å². The third-order valence-corrected chi connectivity index (χ3v) is 7.57. The van der Waals surface area contributed by atoms with Crippen LogP contribution in [0.4, 0.5) is 0 Å². The first-order chi connectivity index (χ1) is 16.9. The highest BCUT2D eigenvalue weighted by molar-refractivity contribution is 7.90. The maximum absolute atomic E-state index is 13.3. The Morgan fingerprint density at radius 1 is 0.943 bits per heavy atom. The van der Waals surface area contributed by atoms with Crippen molar-refractivity contribution in [3.05, 3.63) is 100 Å². The van der Waals surface area contributed by atoms with E-state index in [2.05, 4.69) is 23.2 Å². The molecule has 35 heavy (non-hydrogen) atoms. The predicted octanol–water partition coefficient (Wildman–Crippen LogP) is 5.83. The first-order valence-electron chi connectivity index (χ1n) is 11.4. The van der Waals surface area contributed by atoms with E-state index in [-0.39, 0.29) is 10.9 Å². The van der Waals surface area contributed by atoms with Crippen molar-refractivity contribution in [2.75, 3.05) is 0 Å². The molecule has 0 aliphatic heterocycles. The second kappa shape index (κ2) is 10.9. The van der Waals surface area contributed by atoms with Crippen LogP contribution >= 0.6 is 11.6 Å². The molecule has 8 heteroatoms. The molecule has 0 amide bonds. The fourth-order valence-electron chi connectivity index (χ4n) is 3.90. The molecule has 0 saturated carbocycles. The lowest BCUT2D eigenvalue weighted by atomic mass is 9.99. The number of benzene rings is 3. The molecule has 4 aromatic rings. The molecular weight excluding hydrogens is 480 g/mol. The van der Waals surface area contributed by atoms with Crippen molar-refractivity contribution >= 4 is 21.4 Å². The maximum Gasteiger partial charge on any atom is 0.250 e. The number of aromatic nitrogens is 3. The SMILES string of the molecule is CCCCc1nnc(S(=O)(=O)Cc2ccc(Cl)cc2)n1Cc1ccc(-c2ccccc2C#N)cc1. The fraction of sp³-hybridized carbons (Fsp3) is 0.222. The van der Waals surface area contributed by atoms with E-state index in [0.29, 0.717) is 34.9 Å². The molecule has 0 spiro atoms. The van der Waals surface area contributed by atoms with Crippen LogP contribution < -0.4 is 0 Å². The first kappa shape index (κ1) is 24.6. The van der Waals surface area contributed by atoms with E-state index in [1.807, 2.05) is 42.5 Å². The summed E-state index contributed by atoms with van der Waals surface area (Å²) < 4.78 is 28.3. The van der Waals surface area contributed by atoms with Gasteiger partial charge in [0.1, 0.15) is 5.82 Å². The van der Waals surface area contributed by atoms with Gasteiger partial charge in [-0.15, -0.1) is 10.2 Å². The fourth-order valence-corrected chi connectivity index (χ4v) is 5.45. The van der Waals surface area contributed by atoms with Crippen molar-refractivity contribution in [1.82, 2.24) is 14.8 Å². The largest absolute Gasteiger partial charge is 0.297 e. The van der Waals surface area contributed by atoms with Gasteiger partial charge in [-0.1, -0.05) is 79.5 Å². The van der Waals surface area contributed by atoms with Crippen LogP contribution in [0.15, 0.2) is 78.0 Å². The van der Waals surface area contributed by atoms with Gasteiger partial charge >= 0.3 is 0 Å². The van der Waals surface area contributed by atoms with Gasteiger partial charge in [-0.05, 0) is 46.9 Å². The van der Waals surface area contributed by atoms with E-state index in [1.54, 1.807) is 34.9 Å². The highest BCUT2D eigenvalue weighted by atomic mass is 35.5. The Balaban J connectivity index is 1.65. The monoisotopic (exact) mass is 504 g/mol. The Labute approximate surface area is 210 Å². The lowest BCUT2D eigenvalue weighted by Crippen LogP contribution is -2.15. The van der Waals surface area contributed by atoms with E-state index in [9.17, 15) is 13.7 Å². The van der Waals surface area contributed by atoms with Crippen LogP contribution in [0.2, 0.25) is 5.02 Å². The second-order valence-electron chi connectivity index (χ2n) is 8.33. The van der Waals surface area contributed by atoms with Gasteiger partial charge < -0.3 is 0 Å². The molecule has 0 fully saturated rings. The summed E-state index contributed by atoms with van der Waals surface area (Å²) in [5.41, 5.74) is 3.96. The molecule has 0 aliphatic rings. The van der Waals surface area contributed by atoms with Gasteiger partial charge in [-0.25, -0.2) is 8.42 Å². The third-order valence-electron chi connectivity index (χ3n) is 5.75. The molecule has 0 saturated heterocycles.